The van der Waals surface area contributed by atoms with E-state index in [0.29, 0.717) is 30.3 Å². The highest BCUT2D eigenvalue weighted by molar-refractivity contribution is 9.10. The van der Waals surface area contributed by atoms with Gasteiger partial charge in [-0.05, 0) is 41.1 Å². The largest absolute Gasteiger partial charge is 0.383 e. The Morgan fingerprint density at radius 2 is 2.24 bits per heavy atom. The molecule has 3 nitrogen and oxygen atoms in total. The molecule has 0 unspecified atom stereocenters. The van der Waals surface area contributed by atoms with Gasteiger partial charge in [0.1, 0.15) is 0 Å². The topological polar surface area (TPSA) is 29.5 Å². The summed E-state index contributed by atoms with van der Waals surface area (Å²) in [6.07, 6.45) is 0. The third kappa shape index (κ3) is 3.98. The zero-order valence-electron chi connectivity index (χ0n) is 9.87. The number of amides is 1. The standard InChI is InChI=1S/C12H15BrClNO2/c1-3-15(6-7-17-2)12(16)9-4-5-10(13)11(14)8-9/h4-5,8H,3,6-7H2,1-2H3. The Bertz CT molecular complexity index is 398. The quantitative estimate of drug-likeness (QED) is 0.834. The molecular formula is C12H15BrClNO2. The molecule has 0 N–H and O–H groups in total. The van der Waals surface area contributed by atoms with Gasteiger partial charge >= 0.3 is 0 Å². The summed E-state index contributed by atoms with van der Waals surface area (Å²) in [6.45, 7) is 3.70. The molecule has 0 heterocycles. The Morgan fingerprint density at radius 1 is 1.53 bits per heavy atom. The first kappa shape index (κ1) is 14.5. The molecule has 0 bridgehead atoms. The summed E-state index contributed by atoms with van der Waals surface area (Å²) >= 11 is 9.27. The van der Waals surface area contributed by atoms with Gasteiger partial charge in [0.25, 0.3) is 5.91 Å². The number of nitrogens with zero attached hydrogens (tertiary/aromatic N) is 1. The average Bonchev–Trinajstić information content (AvgIpc) is 2.33. The van der Waals surface area contributed by atoms with E-state index in [1.54, 1.807) is 30.2 Å². The van der Waals surface area contributed by atoms with Gasteiger partial charge in [-0.2, -0.15) is 0 Å². The van der Waals surface area contributed by atoms with Crippen LogP contribution >= 0.6 is 27.5 Å². The van der Waals surface area contributed by atoms with Crippen molar-refractivity contribution >= 4 is 33.4 Å². The number of hydrogen-bond donors (Lipinski definition) is 0. The van der Waals surface area contributed by atoms with Crippen LogP contribution in [0, 0.1) is 0 Å². The Labute approximate surface area is 115 Å². The Hall–Kier alpha value is -0.580. The lowest BCUT2D eigenvalue weighted by molar-refractivity contribution is 0.0706. The highest BCUT2D eigenvalue weighted by atomic mass is 79.9. The van der Waals surface area contributed by atoms with E-state index in [0.717, 1.165) is 4.47 Å². The van der Waals surface area contributed by atoms with Gasteiger partial charge in [-0.1, -0.05) is 11.6 Å². The van der Waals surface area contributed by atoms with Crippen LogP contribution in [0.2, 0.25) is 5.02 Å². The molecule has 17 heavy (non-hydrogen) atoms. The lowest BCUT2D eigenvalue weighted by Crippen LogP contribution is -2.33. The summed E-state index contributed by atoms with van der Waals surface area (Å²) in [5.41, 5.74) is 0.594. The van der Waals surface area contributed by atoms with Gasteiger partial charge in [-0.15, -0.1) is 0 Å². The van der Waals surface area contributed by atoms with Crippen LogP contribution in [-0.2, 0) is 4.74 Å². The Kier molecular flexibility index (Phi) is 5.95. The average molecular weight is 321 g/mol. The lowest BCUT2D eigenvalue weighted by atomic mass is 10.2. The second-order valence-electron chi connectivity index (χ2n) is 3.51. The first-order valence-electron chi connectivity index (χ1n) is 5.33. The second kappa shape index (κ2) is 6.99. The zero-order chi connectivity index (χ0) is 12.8. The molecule has 94 valence electrons. The zero-order valence-corrected chi connectivity index (χ0v) is 12.2. The van der Waals surface area contributed by atoms with Crippen LogP contribution in [0.25, 0.3) is 0 Å². The molecular weight excluding hydrogens is 305 g/mol. The van der Waals surface area contributed by atoms with E-state index < -0.39 is 0 Å². The maximum atomic E-state index is 12.1. The van der Waals surface area contributed by atoms with E-state index in [1.807, 2.05) is 6.92 Å². The van der Waals surface area contributed by atoms with Crippen molar-refractivity contribution < 1.29 is 9.53 Å². The van der Waals surface area contributed by atoms with Gasteiger partial charge in [0, 0.05) is 30.2 Å². The predicted molar refractivity (Wildman–Crippen MR) is 72.6 cm³/mol. The molecule has 0 aliphatic carbocycles. The minimum Gasteiger partial charge on any atom is -0.383 e. The monoisotopic (exact) mass is 319 g/mol. The van der Waals surface area contributed by atoms with E-state index >= 15 is 0 Å². The highest BCUT2D eigenvalue weighted by Gasteiger charge is 2.14. The van der Waals surface area contributed by atoms with Gasteiger partial charge in [-0.3, -0.25) is 4.79 Å². The van der Waals surface area contributed by atoms with Gasteiger partial charge in [0.2, 0.25) is 0 Å². The van der Waals surface area contributed by atoms with Crippen molar-refractivity contribution in [3.05, 3.63) is 33.3 Å². The fourth-order valence-electron chi connectivity index (χ4n) is 1.42. The first-order valence-corrected chi connectivity index (χ1v) is 6.50. The second-order valence-corrected chi connectivity index (χ2v) is 4.77. The van der Waals surface area contributed by atoms with E-state index in [2.05, 4.69) is 15.9 Å². The molecule has 0 radical (unpaired) electrons. The summed E-state index contributed by atoms with van der Waals surface area (Å²) in [6, 6.07) is 5.21. The molecule has 0 saturated heterocycles. The van der Waals surface area contributed by atoms with Crippen LogP contribution in [0.15, 0.2) is 22.7 Å². The molecule has 0 saturated carbocycles. The van der Waals surface area contributed by atoms with Crippen molar-refractivity contribution in [3.8, 4) is 0 Å². The molecule has 0 fully saturated rings. The molecule has 0 spiro atoms. The molecule has 1 amide bonds. The number of methoxy groups -OCH3 is 1. The molecule has 1 rings (SSSR count). The predicted octanol–water partition coefficient (Wildman–Crippen LogP) is 3.21. The normalized spacial score (nSPS) is 10.4. The number of carbonyl (C=O) groups excluding carboxylic acids is 1. The van der Waals surface area contributed by atoms with E-state index in [4.69, 9.17) is 16.3 Å². The summed E-state index contributed by atoms with van der Waals surface area (Å²) in [7, 11) is 1.62. The summed E-state index contributed by atoms with van der Waals surface area (Å²) in [5, 5.41) is 0.540. The minimum atomic E-state index is -0.0287. The van der Waals surface area contributed by atoms with E-state index in [9.17, 15) is 4.79 Å². The van der Waals surface area contributed by atoms with Gasteiger partial charge < -0.3 is 9.64 Å². The Morgan fingerprint density at radius 3 is 2.76 bits per heavy atom. The molecule has 0 aliphatic heterocycles. The molecule has 1 aromatic rings. The molecule has 1 aromatic carbocycles. The number of ether oxygens (including phenoxy) is 1. The van der Waals surface area contributed by atoms with Crippen LogP contribution < -0.4 is 0 Å². The molecule has 0 atom stereocenters. The molecule has 5 heteroatoms. The van der Waals surface area contributed by atoms with Crippen molar-refractivity contribution in [1.29, 1.82) is 0 Å². The number of likely N-dealkylation sites (N-methyl/N-ethyl adjacent to an activating group) is 1. The van der Waals surface area contributed by atoms with Crippen LogP contribution in [0.3, 0.4) is 0 Å². The molecule has 0 aliphatic rings. The van der Waals surface area contributed by atoms with Gasteiger partial charge in [0.15, 0.2) is 0 Å². The number of benzene rings is 1. The summed E-state index contributed by atoms with van der Waals surface area (Å²) in [4.78, 5) is 13.9. The van der Waals surface area contributed by atoms with Crippen LogP contribution in [-0.4, -0.2) is 37.6 Å². The SMILES string of the molecule is CCN(CCOC)C(=O)c1ccc(Br)c(Cl)c1. The van der Waals surface area contributed by atoms with Gasteiger partial charge in [0.05, 0.1) is 11.6 Å². The number of halogens is 2. The number of rotatable bonds is 5. The van der Waals surface area contributed by atoms with E-state index in [1.165, 1.54) is 0 Å². The first-order chi connectivity index (χ1) is 8.10. The van der Waals surface area contributed by atoms with Crippen LogP contribution in [0.5, 0.6) is 0 Å². The maximum Gasteiger partial charge on any atom is 0.253 e. The number of hydrogen-bond acceptors (Lipinski definition) is 2. The van der Waals surface area contributed by atoms with Crippen molar-refractivity contribution in [2.75, 3.05) is 26.8 Å². The smallest absolute Gasteiger partial charge is 0.253 e. The summed E-state index contributed by atoms with van der Waals surface area (Å²) < 4.78 is 5.76. The third-order valence-corrected chi connectivity index (χ3v) is 3.63. The van der Waals surface area contributed by atoms with Crippen molar-refractivity contribution in [2.24, 2.45) is 0 Å². The fraction of sp³-hybridized carbons (Fsp3) is 0.417. The summed E-state index contributed by atoms with van der Waals surface area (Å²) in [5.74, 6) is -0.0287. The van der Waals surface area contributed by atoms with Crippen molar-refractivity contribution in [2.45, 2.75) is 6.92 Å². The van der Waals surface area contributed by atoms with Gasteiger partial charge in [-0.25, -0.2) is 0 Å². The lowest BCUT2D eigenvalue weighted by Gasteiger charge is -2.20. The third-order valence-electron chi connectivity index (χ3n) is 2.40. The van der Waals surface area contributed by atoms with Crippen LogP contribution in [0.4, 0.5) is 0 Å². The van der Waals surface area contributed by atoms with E-state index in [-0.39, 0.29) is 5.91 Å². The van der Waals surface area contributed by atoms with Crippen LogP contribution in [0.1, 0.15) is 17.3 Å². The number of carbonyl (C=O) groups is 1. The minimum absolute atomic E-state index is 0.0287. The Balaban J connectivity index is 2.82. The maximum absolute atomic E-state index is 12.1. The highest BCUT2D eigenvalue weighted by Crippen LogP contribution is 2.23. The van der Waals surface area contributed by atoms with Crippen molar-refractivity contribution in [3.63, 3.8) is 0 Å². The molecule has 0 aromatic heterocycles. The van der Waals surface area contributed by atoms with Crippen molar-refractivity contribution in [1.82, 2.24) is 4.90 Å². The fourth-order valence-corrected chi connectivity index (χ4v) is 1.84.